The first-order valence-corrected chi connectivity index (χ1v) is 9.13. The molecule has 0 saturated heterocycles. The summed E-state index contributed by atoms with van der Waals surface area (Å²) in [6.45, 7) is 6.65. The molecule has 0 N–H and O–H groups in total. The molecular formula is C13H27FSn. The fraction of sp³-hybridized carbons (Fsp3) is 1.00. The van der Waals surface area contributed by atoms with E-state index >= 15 is 0 Å². The van der Waals surface area contributed by atoms with E-state index in [0.717, 1.165) is 0 Å². The molecule has 2 heteroatoms. The van der Waals surface area contributed by atoms with Gasteiger partial charge >= 0.3 is 107 Å². The molecule has 90 valence electrons. The molecular weight excluding hydrogens is 294 g/mol. The van der Waals surface area contributed by atoms with Crippen LogP contribution in [0.1, 0.15) is 78.6 Å². The van der Waals surface area contributed by atoms with Crippen LogP contribution in [0.2, 0.25) is 3.43 Å². The maximum absolute atomic E-state index is 13.5. The van der Waals surface area contributed by atoms with E-state index < -0.39 is 21.7 Å². The third-order valence-electron chi connectivity index (χ3n) is 3.23. The zero-order chi connectivity index (χ0) is 11.6. The molecule has 0 nitrogen and oxygen atoms in total. The molecule has 0 fully saturated rings. The van der Waals surface area contributed by atoms with Gasteiger partial charge in [-0.25, -0.2) is 0 Å². The summed E-state index contributed by atoms with van der Waals surface area (Å²) < 4.78 is 13.7. The topological polar surface area (TPSA) is 0 Å². The summed E-state index contributed by atoms with van der Waals surface area (Å²) in [6.07, 6.45) is 10.9. The van der Waals surface area contributed by atoms with Crippen LogP contribution in [0.5, 0.6) is 0 Å². The second-order valence-electron chi connectivity index (χ2n) is 4.69. The minimum atomic E-state index is -1.62. The molecule has 0 bridgehead atoms. The van der Waals surface area contributed by atoms with E-state index in [9.17, 15) is 2.87 Å². The zero-order valence-corrected chi connectivity index (χ0v) is 13.6. The fourth-order valence-electron chi connectivity index (χ4n) is 2.06. The van der Waals surface area contributed by atoms with Gasteiger partial charge in [-0.05, 0) is 0 Å². The van der Waals surface area contributed by atoms with Gasteiger partial charge in [0.2, 0.25) is 0 Å². The maximum atomic E-state index is 13.5. The van der Waals surface area contributed by atoms with Gasteiger partial charge in [0.05, 0.1) is 0 Å². The molecule has 0 atom stereocenters. The van der Waals surface area contributed by atoms with Gasteiger partial charge in [0, 0.05) is 0 Å². The predicted molar refractivity (Wildman–Crippen MR) is 68.1 cm³/mol. The molecule has 15 heavy (non-hydrogen) atoms. The molecule has 0 unspecified atom stereocenters. The van der Waals surface area contributed by atoms with Gasteiger partial charge in [-0.1, -0.05) is 0 Å². The summed E-state index contributed by atoms with van der Waals surface area (Å²) in [7, 11) is 0. The van der Waals surface area contributed by atoms with Crippen LogP contribution in [-0.2, 0) is 0 Å². The first kappa shape index (κ1) is 15.7. The Kier molecular flexibility index (Phi) is 10.4. The van der Waals surface area contributed by atoms with Crippen molar-refractivity contribution >= 4 is 21.7 Å². The Hall–Kier alpha value is 0.729. The summed E-state index contributed by atoms with van der Waals surface area (Å²) in [4.78, 5) is 0. The Labute approximate surface area is 106 Å². The second-order valence-corrected chi connectivity index (χ2v) is 8.25. The van der Waals surface area contributed by atoms with Crippen molar-refractivity contribution in [1.29, 1.82) is 0 Å². The van der Waals surface area contributed by atoms with Crippen molar-refractivity contribution < 1.29 is 2.87 Å². The van der Waals surface area contributed by atoms with Crippen LogP contribution in [0.3, 0.4) is 0 Å². The molecule has 0 saturated carbocycles. The SMILES string of the molecule is CCCC[C](CCCC)(CCCC)[Sn][F]. The van der Waals surface area contributed by atoms with Gasteiger partial charge in [-0.3, -0.25) is 0 Å². The molecule has 0 rings (SSSR count). The Morgan fingerprint density at radius 2 is 1.13 bits per heavy atom. The quantitative estimate of drug-likeness (QED) is 0.479. The van der Waals surface area contributed by atoms with E-state index in [0.29, 0.717) is 0 Å². The third-order valence-corrected chi connectivity index (χ3v) is 6.51. The number of rotatable bonds is 10. The first-order valence-electron chi connectivity index (χ1n) is 6.62. The van der Waals surface area contributed by atoms with Crippen LogP contribution < -0.4 is 0 Å². The van der Waals surface area contributed by atoms with E-state index in [4.69, 9.17) is 0 Å². The molecule has 0 aromatic carbocycles. The minimum absolute atomic E-state index is 0.200. The predicted octanol–water partition coefficient (Wildman–Crippen LogP) is 5.30. The first-order chi connectivity index (χ1) is 7.24. The summed E-state index contributed by atoms with van der Waals surface area (Å²) in [6, 6.07) is 0. The Morgan fingerprint density at radius 1 is 0.800 bits per heavy atom. The van der Waals surface area contributed by atoms with E-state index in [1.165, 1.54) is 57.8 Å². The van der Waals surface area contributed by atoms with Gasteiger partial charge in [-0.15, -0.1) is 0 Å². The average Bonchev–Trinajstić information content (AvgIpc) is 2.29. The van der Waals surface area contributed by atoms with Crippen LogP contribution in [0, 0.1) is 0 Å². The Morgan fingerprint density at radius 3 is 1.33 bits per heavy atom. The number of hydrogen-bond acceptors (Lipinski definition) is 0. The van der Waals surface area contributed by atoms with E-state index in [2.05, 4.69) is 20.8 Å². The molecule has 0 heterocycles. The second kappa shape index (κ2) is 9.92. The number of halogens is 1. The van der Waals surface area contributed by atoms with Crippen molar-refractivity contribution in [3.05, 3.63) is 0 Å². The number of unbranched alkanes of at least 4 members (excludes halogenated alkanes) is 3. The molecule has 0 aromatic heterocycles. The standard InChI is InChI=1S/C13H27.FH.Sn/c1-4-7-10-13(11-8-5-2)12-9-6-3;;/h4-12H2,1-3H3;1H;/q;;+1/p-1. The van der Waals surface area contributed by atoms with Crippen molar-refractivity contribution in [2.45, 2.75) is 82.0 Å². The van der Waals surface area contributed by atoms with E-state index in [1.54, 1.807) is 0 Å². The molecule has 0 amide bonds. The van der Waals surface area contributed by atoms with Crippen LogP contribution in [-0.4, -0.2) is 21.7 Å². The summed E-state index contributed by atoms with van der Waals surface area (Å²) >= 11 is -1.62. The van der Waals surface area contributed by atoms with Crippen molar-refractivity contribution in [3.8, 4) is 0 Å². The van der Waals surface area contributed by atoms with Crippen molar-refractivity contribution in [3.63, 3.8) is 0 Å². The van der Waals surface area contributed by atoms with Crippen LogP contribution >= 0.6 is 0 Å². The molecule has 0 aliphatic rings. The van der Waals surface area contributed by atoms with Crippen LogP contribution in [0.15, 0.2) is 0 Å². The van der Waals surface area contributed by atoms with Gasteiger partial charge in [0.1, 0.15) is 0 Å². The molecule has 0 spiro atoms. The summed E-state index contributed by atoms with van der Waals surface area (Å²) in [5.41, 5.74) is 0. The van der Waals surface area contributed by atoms with Crippen molar-refractivity contribution in [2.24, 2.45) is 0 Å². The van der Waals surface area contributed by atoms with Crippen LogP contribution in [0.4, 0.5) is 2.87 Å². The van der Waals surface area contributed by atoms with Crippen LogP contribution in [0.25, 0.3) is 0 Å². The van der Waals surface area contributed by atoms with Gasteiger partial charge in [0.15, 0.2) is 0 Å². The van der Waals surface area contributed by atoms with E-state index in [-0.39, 0.29) is 3.43 Å². The van der Waals surface area contributed by atoms with E-state index in [1.807, 2.05) is 0 Å². The summed E-state index contributed by atoms with van der Waals surface area (Å²) in [5.74, 6) is 0. The van der Waals surface area contributed by atoms with Gasteiger partial charge in [0.25, 0.3) is 0 Å². The normalized spacial score (nSPS) is 12.0. The monoisotopic (exact) mass is 322 g/mol. The zero-order valence-electron chi connectivity index (χ0n) is 10.7. The van der Waals surface area contributed by atoms with Gasteiger partial charge in [-0.2, -0.15) is 0 Å². The molecule has 0 aliphatic heterocycles. The fourth-order valence-corrected chi connectivity index (χ4v) is 4.38. The average molecular weight is 321 g/mol. The molecule has 2 radical (unpaired) electrons. The Balaban J connectivity index is 4.16. The number of hydrogen-bond donors (Lipinski definition) is 0. The molecule has 0 aromatic rings. The van der Waals surface area contributed by atoms with Crippen molar-refractivity contribution in [1.82, 2.24) is 0 Å². The third kappa shape index (κ3) is 6.80. The summed E-state index contributed by atoms with van der Waals surface area (Å²) in [5, 5.41) is 0. The Bertz CT molecular complexity index is 115. The van der Waals surface area contributed by atoms with Gasteiger partial charge < -0.3 is 0 Å². The van der Waals surface area contributed by atoms with Crippen molar-refractivity contribution in [2.75, 3.05) is 0 Å². The molecule has 0 aliphatic carbocycles.